The molecule has 0 amide bonds. The van der Waals surface area contributed by atoms with Crippen LogP contribution in [-0.2, 0) is 5.41 Å². The van der Waals surface area contributed by atoms with Gasteiger partial charge in [0.2, 0.25) is 0 Å². The SMILES string of the molecule is CC(C)(C)c1ccc(C(=O)O)cc1.O=C(O)c1ccccc1C(=O)O. The third kappa shape index (κ3) is 5.76. The van der Waals surface area contributed by atoms with Crippen LogP contribution in [0.5, 0.6) is 0 Å². The molecule has 0 saturated carbocycles. The van der Waals surface area contributed by atoms with E-state index in [4.69, 9.17) is 15.3 Å². The van der Waals surface area contributed by atoms with Gasteiger partial charge in [0.25, 0.3) is 0 Å². The minimum absolute atomic E-state index is 0.0804. The highest BCUT2D eigenvalue weighted by Crippen LogP contribution is 2.22. The van der Waals surface area contributed by atoms with Crippen LogP contribution in [0.15, 0.2) is 48.5 Å². The number of hydrogen-bond acceptors (Lipinski definition) is 3. The third-order valence-electron chi connectivity index (χ3n) is 3.39. The van der Waals surface area contributed by atoms with Crippen LogP contribution in [0.2, 0.25) is 0 Å². The number of hydrogen-bond donors (Lipinski definition) is 3. The van der Waals surface area contributed by atoms with Crippen LogP contribution >= 0.6 is 0 Å². The predicted octanol–water partition coefficient (Wildman–Crippen LogP) is 3.77. The van der Waals surface area contributed by atoms with Gasteiger partial charge in [0.1, 0.15) is 0 Å². The summed E-state index contributed by atoms with van der Waals surface area (Å²) in [5, 5.41) is 25.8. The first kappa shape index (κ1) is 19.9. The first-order valence-electron chi connectivity index (χ1n) is 7.43. The van der Waals surface area contributed by atoms with Crippen LogP contribution in [-0.4, -0.2) is 33.2 Å². The Labute approximate surface area is 145 Å². The van der Waals surface area contributed by atoms with Gasteiger partial charge in [-0.05, 0) is 35.2 Å². The van der Waals surface area contributed by atoms with Crippen LogP contribution in [0.1, 0.15) is 57.4 Å². The van der Waals surface area contributed by atoms with Gasteiger partial charge in [-0.3, -0.25) is 0 Å². The zero-order chi connectivity index (χ0) is 19.2. The molecule has 2 aromatic carbocycles. The van der Waals surface area contributed by atoms with Crippen molar-refractivity contribution in [2.45, 2.75) is 26.2 Å². The maximum Gasteiger partial charge on any atom is 0.336 e. The van der Waals surface area contributed by atoms with Crippen molar-refractivity contribution in [2.75, 3.05) is 0 Å². The van der Waals surface area contributed by atoms with Gasteiger partial charge < -0.3 is 15.3 Å². The number of carbonyl (C=O) groups is 3. The molecule has 0 aromatic heterocycles. The van der Waals surface area contributed by atoms with Crippen molar-refractivity contribution in [1.82, 2.24) is 0 Å². The molecule has 2 rings (SSSR count). The number of aromatic carboxylic acids is 3. The Morgan fingerprint density at radius 2 is 1.08 bits per heavy atom. The van der Waals surface area contributed by atoms with E-state index in [1.54, 1.807) is 12.1 Å². The third-order valence-corrected chi connectivity index (χ3v) is 3.39. The quantitative estimate of drug-likeness (QED) is 0.781. The van der Waals surface area contributed by atoms with Crippen molar-refractivity contribution < 1.29 is 29.7 Å². The molecule has 6 nitrogen and oxygen atoms in total. The van der Waals surface area contributed by atoms with Gasteiger partial charge in [0.15, 0.2) is 0 Å². The smallest absolute Gasteiger partial charge is 0.336 e. The molecule has 0 fully saturated rings. The Balaban J connectivity index is 0.000000251. The fourth-order valence-corrected chi connectivity index (χ4v) is 1.97. The Kier molecular flexibility index (Phi) is 6.45. The first-order valence-corrected chi connectivity index (χ1v) is 7.43. The molecule has 0 radical (unpaired) electrons. The highest BCUT2D eigenvalue weighted by Gasteiger charge is 2.14. The summed E-state index contributed by atoms with van der Waals surface area (Å²) >= 11 is 0. The average molecular weight is 344 g/mol. The minimum Gasteiger partial charge on any atom is -0.478 e. The molecule has 2 aromatic rings. The second-order valence-electron chi connectivity index (χ2n) is 6.29. The number of carboxylic acid groups (broad SMARTS) is 3. The molecule has 0 aliphatic rings. The zero-order valence-electron chi connectivity index (χ0n) is 14.2. The van der Waals surface area contributed by atoms with Gasteiger partial charge in [-0.1, -0.05) is 45.0 Å². The van der Waals surface area contributed by atoms with Gasteiger partial charge in [-0.15, -0.1) is 0 Å². The Hall–Kier alpha value is -3.15. The molecular formula is C19H20O6. The predicted molar refractivity (Wildman–Crippen MR) is 92.5 cm³/mol. The van der Waals surface area contributed by atoms with E-state index in [0.717, 1.165) is 5.56 Å². The van der Waals surface area contributed by atoms with Crippen molar-refractivity contribution in [3.05, 3.63) is 70.8 Å². The van der Waals surface area contributed by atoms with E-state index in [-0.39, 0.29) is 16.5 Å². The Morgan fingerprint density at radius 1 is 0.680 bits per heavy atom. The van der Waals surface area contributed by atoms with E-state index in [1.807, 2.05) is 12.1 Å². The highest BCUT2D eigenvalue weighted by atomic mass is 16.4. The molecule has 132 valence electrons. The van der Waals surface area contributed by atoms with Crippen molar-refractivity contribution in [3.63, 3.8) is 0 Å². The van der Waals surface area contributed by atoms with E-state index < -0.39 is 17.9 Å². The van der Waals surface area contributed by atoms with Gasteiger partial charge in [0, 0.05) is 0 Å². The molecule has 0 atom stereocenters. The Morgan fingerprint density at radius 3 is 1.36 bits per heavy atom. The maximum absolute atomic E-state index is 10.6. The molecule has 25 heavy (non-hydrogen) atoms. The molecule has 0 aliphatic heterocycles. The second-order valence-corrected chi connectivity index (χ2v) is 6.29. The summed E-state index contributed by atoms with van der Waals surface area (Å²) in [5.41, 5.74) is 1.19. The van der Waals surface area contributed by atoms with Crippen molar-refractivity contribution in [2.24, 2.45) is 0 Å². The molecule has 0 heterocycles. The zero-order valence-corrected chi connectivity index (χ0v) is 14.2. The van der Waals surface area contributed by atoms with E-state index in [9.17, 15) is 14.4 Å². The van der Waals surface area contributed by atoms with Gasteiger partial charge in [-0.25, -0.2) is 14.4 Å². The van der Waals surface area contributed by atoms with Gasteiger partial charge in [-0.2, -0.15) is 0 Å². The van der Waals surface area contributed by atoms with Crippen molar-refractivity contribution in [3.8, 4) is 0 Å². The minimum atomic E-state index is -1.23. The van der Waals surface area contributed by atoms with E-state index >= 15 is 0 Å². The van der Waals surface area contributed by atoms with Crippen LogP contribution in [0.4, 0.5) is 0 Å². The molecule has 3 N–H and O–H groups in total. The lowest BCUT2D eigenvalue weighted by Crippen LogP contribution is -2.11. The van der Waals surface area contributed by atoms with Gasteiger partial charge >= 0.3 is 17.9 Å². The highest BCUT2D eigenvalue weighted by molar-refractivity contribution is 6.01. The van der Waals surface area contributed by atoms with Crippen LogP contribution in [0, 0.1) is 0 Å². The largest absolute Gasteiger partial charge is 0.478 e. The average Bonchev–Trinajstić information content (AvgIpc) is 2.54. The number of benzene rings is 2. The van der Waals surface area contributed by atoms with Crippen LogP contribution in [0.25, 0.3) is 0 Å². The molecule has 0 aliphatic carbocycles. The lowest BCUT2D eigenvalue weighted by Gasteiger charge is -2.18. The lowest BCUT2D eigenvalue weighted by atomic mass is 9.87. The van der Waals surface area contributed by atoms with Crippen molar-refractivity contribution in [1.29, 1.82) is 0 Å². The van der Waals surface area contributed by atoms with Crippen molar-refractivity contribution >= 4 is 17.9 Å². The lowest BCUT2D eigenvalue weighted by molar-refractivity contribution is 0.0651. The molecular weight excluding hydrogens is 324 g/mol. The summed E-state index contributed by atoms with van der Waals surface area (Å²) in [6, 6.07) is 12.5. The standard InChI is InChI=1S/C11H14O2.C8H6O4/c1-11(2,3)9-6-4-8(5-7-9)10(12)13;9-7(10)5-3-1-2-4-6(5)8(11)12/h4-7H,1-3H3,(H,12,13);1-4H,(H,9,10)(H,11,12). The van der Waals surface area contributed by atoms with Crippen LogP contribution in [0.3, 0.4) is 0 Å². The monoisotopic (exact) mass is 344 g/mol. The second kappa shape index (κ2) is 8.10. The normalized spacial score (nSPS) is 10.4. The van der Waals surface area contributed by atoms with E-state index in [1.165, 1.54) is 24.3 Å². The molecule has 0 saturated heterocycles. The topological polar surface area (TPSA) is 112 Å². The number of carboxylic acids is 3. The fraction of sp³-hybridized carbons (Fsp3) is 0.211. The number of rotatable bonds is 3. The summed E-state index contributed by atoms with van der Waals surface area (Å²) in [5.74, 6) is -3.33. The summed E-state index contributed by atoms with van der Waals surface area (Å²) < 4.78 is 0. The van der Waals surface area contributed by atoms with E-state index in [2.05, 4.69) is 20.8 Å². The van der Waals surface area contributed by atoms with E-state index in [0.29, 0.717) is 5.56 Å². The Bertz CT molecular complexity index is 736. The first-order chi connectivity index (χ1) is 11.5. The van der Waals surface area contributed by atoms with Gasteiger partial charge in [0.05, 0.1) is 16.7 Å². The van der Waals surface area contributed by atoms with Crippen LogP contribution < -0.4 is 0 Å². The molecule has 0 unspecified atom stereocenters. The summed E-state index contributed by atoms with van der Waals surface area (Å²) in [4.78, 5) is 31.5. The summed E-state index contributed by atoms with van der Waals surface area (Å²) in [6.45, 7) is 6.30. The molecule has 6 heteroatoms. The summed E-state index contributed by atoms with van der Waals surface area (Å²) in [7, 11) is 0. The fourth-order valence-electron chi connectivity index (χ4n) is 1.97. The maximum atomic E-state index is 10.6. The summed E-state index contributed by atoms with van der Waals surface area (Å²) in [6.07, 6.45) is 0. The molecule has 0 spiro atoms. The molecule has 0 bridgehead atoms.